The van der Waals surface area contributed by atoms with Crippen LogP contribution in [-0.4, -0.2) is 42.5 Å². The SMILES string of the molecule is CCOC(=O)c1c(NC(=O)CN2CCCC[C@@H]2C)sc2c1CCC2. The zero-order valence-corrected chi connectivity index (χ0v) is 15.3. The first kappa shape index (κ1) is 17.4. The lowest BCUT2D eigenvalue weighted by molar-refractivity contribution is -0.118. The summed E-state index contributed by atoms with van der Waals surface area (Å²) in [6.07, 6.45) is 6.51. The molecule has 1 atom stereocenters. The number of hydrogen-bond donors (Lipinski definition) is 1. The number of rotatable bonds is 5. The van der Waals surface area contributed by atoms with Crippen molar-refractivity contribution < 1.29 is 14.3 Å². The molecule has 0 aromatic carbocycles. The lowest BCUT2D eigenvalue weighted by atomic mass is 10.0. The van der Waals surface area contributed by atoms with Crippen molar-refractivity contribution in [3.63, 3.8) is 0 Å². The number of esters is 1. The van der Waals surface area contributed by atoms with Gasteiger partial charge >= 0.3 is 5.97 Å². The standard InChI is InChI=1S/C18H26N2O3S/c1-3-23-18(22)16-13-8-6-9-14(13)24-17(16)19-15(21)11-20-10-5-4-7-12(20)2/h12H,3-11H2,1-2H3,(H,19,21)/t12-/m0/s1. The smallest absolute Gasteiger partial charge is 0.341 e. The number of ether oxygens (including phenoxy) is 1. The Labute approximate surface area is 147 Å². The van der Waals surface area contributed by atoms with Gasteiger partial charge in [0.1, 0.15) is 5.00 Å². The number of likely N-dealkylation sites (tertiary alicyclic amines) is 1. The number of hydrogen-bond acceptors (Lipinski definition) is 5. The number of thiophene rings is 1. The van der Waals surface area contributed by atoms with E-state index in [1.54, 1.807) is 18.3 Å². The number of carbonyl (C=O) groups excluding carboxylic acids is 2. The topological polar surface area (TPSA) is 58.6 Å². The fourth-order valence-electron chi connectivity index (χ4n) is 3.65. The summed E-state index contributed by atoms with van der Waals surface area (Å²) in [6, 6.07) is 0.447. The van der Waals surface area contributed by atoms with Gasteiger partial charge in [-0.05, 0) is 58.1 Å². The molecule has 3 rings (SSSR count). The summed E-state index contributed by atoms with van der Waals surface area (Å²) in [6.45, 7) is 5.70. The molecule has 2 aliphatic rings. The molecule has 0 bridgehead atoms. The zero-order valence-electron chi connectivity index (χ0n) is 14.5. The molecule has 0 saturated carbocycles. The minimum Gasteiger partial charge on any atom is -0.462 e. The van der Waals surface area contributed by atoms with Crippen molar-refractivity contribution in [3.8, 4) is 0 Å². The summed E-state index contributed by atoms with van der Waals surface area (Å²) < 4.78 is 5.21. The largest absolute Gasteiger partial charge is 0.462 e. The maximum atomic E-state index is 12.5. The first-order valence-corrected chi connectivity index (χ1v) is 9.77. The van der Waals surface area contributed by atoms with Crippen molar-refractivity contribution in [2.45, 2.75) is 58.4 Å². The van der Waals surface area contributed by atoms with Crippen LogP contribution in [0.5, 0.6) is 0 Å². The van der Waals surface area contributed by atoms with Crippen molar-refractivity contribution in [2.75, 3.05) is 25.0 Å². The number of nitrogens with one attached hydrogen (secondary N) is 1. The maximum Gasteiger partial charge on any atom is 0.341 e. The van der Waals surface area contributed by atoms with Crippen molar-refractivity contribution in [2.24, 2.45) is 0 Å². The van der Waals surface area contributed by atoms with Crippen LogP contribution in [0, 0.1) is 0 Å². The average Bonchev–Trinajstić information content (AvgIpc) is 3.10. The number of carbonyl (C=O) groups is 2. The minimum atomic E-state index is -0.307. The molecule has 24 heavy (non-hydrogen) atoms. The van der Waals surface area contributed by atoms with Crippen LogP contribution in [0.4, 0.5) is 5.00 Å². The van der Waals surface area contributed by atoms with E-state index < -0.39 is 0 Å². The van der Waals surface area contributed by atoms with E-state index in [0.29, 0.717) is 29.8 Å². The molecule has 0 radical (unpaired) electrons. The quantitative estimate of drug-likeness (QED) is 0.829. The lowest BCUT2D eigenvalue weighted by Gasteiger charge is -2.32. The monoisotopic (exact) mass is 350 g/mol. The highest BCUT2D eigenvalue weighted by Crippen LogP contribution is 2.39. The fourth-order valence-corrected chi connectivity index (χ4v) is 4.95. The van der Waals surface area contributed by atoms with Gasteiger partial charge in [0.15, 0.2) is 0 Å². The van der Waals surface area contributed by atoms with Gasteiger partial charge in [-0.1, -0.05) is 6.42 Å². The fraction of sp³-hybridized carbons (Fsp3) is 0.667. The van der Waals surface area contributed by atoms with Crippen molar-refractivity contribution in [1.29, 1.82) is 0 Å². The lowest BCUT2D eigenvalue weighted by Crippen LogP contribution is -2.42. The number of nitrogens with zero attached hydrogens (tertiary/aromatic N) is 1. The Morgan fingerprint density at radius 2 is 2.12 bits per heavy atom. The van der Waals surface area contributed by atoms with E-state index in [9.17, 15) is 9.59 Å². The molecule has 1 amide bonds. The highest BCUT2D eigenvalue weighted by atomic mass is 32.1. The Morgan fingerprint density at radius 3 is 2.88 bits per heavy atom. The normalized spacial score (nSPS) is 20.7. The molecule has 1 aromatic rings. The van der Waals surface area contributed by atoms with Gasteiger partial charge in [-0.2, -0.15) is 0 Å². The summed E-state index contributed by atoms with van der Waals surface area (Å²) in [5.41, 5.74) is 1.68. The molecule has 6 heteroatoms. The first-order chi connectivity index (χ1) is 11.6. The van der Waals surface area contributed by atoms with E-state index >= 15 is 0 Å². The Kier molecular flexibility index (Phi) is 5.56. The van der Waals surface area contributed by atoms with E-state index in [-0.39, 0.29) is 11.9 Å². The van der Waals surface area contributed by atoms with Crippen molar-refractivity contribution in [3.05, 3.63) is 16.0 Å². The summed E-state index contributed by atoms with van der Waals surface area (Å²) in [5.74, 6) is -0.340. The molecule has 0 unspecified atom stereocenters. The van der Waals surface area contributed by atoms with Crippen LogP contribution >= 0.6 is 11.3 Å². The van der Waals surface area contributed by atoms with Gasteiger partial charge in [0.2, 0.25) is 5.91 Å². The van der Waals surface area contributed by atoms with Gasteiger partial charge in [-0.3, -0.25) is 9.69 Å². The second-order valence-electron chi connectivity index (χ2n) is 6.65. The third-order valence-electron chi connectivity index (χ3n) is 4.94. The van der Waals surface area contributed by atoms with Crippen LogP contribution < -0.4 is 5.32 Å². The number of aryl methyl sites for hydroxylation is 1. The Balaban J connectivity index is 1.72. The number of fused-ring (bicyclic) bond motifs is 1. The third-order valence-corrected chi connectivity index (χ3v) is 6.15. The molecule has 1 fully saturated rings. The van der Waals surface area contributed by atoms with Gasteiger partial charge in [0, 0.05) is 10.9 Å². The molecule has 1 aromatic heterocycles. The Bertz CT molecular complexity index is 626. The van der Waals surface area contributed by atoms with E-state index in [4.69, 9.17) is 4.74 Å². The molecule has 5 nitrogen and oxygen atoms in total. The molecular formula is C18H26N2O3S. The van der Waals surface area contributed by atoms with Crippen LogP contribution in [0.15, 0.2) is 0 Å². The zero-order chi connectivity index (χ0) is 17.1. The van der Waals surface area contributed by atoms with Crippen molar-refractivity contribution >= 4 is 28.2 Å². The molecule has 1 N–H and O–H groups in total. The van der Waals surface area contributed by atoms with E-state index in [2.05, 4.69) is 17.1 Å². The van der Waals surface area contributed by atoms with E-state index in [1.165, 1.54) is 11.3 Å². The second kappa shape index (κ2) is 7.66. The number of anilines is 1. The van der Waals surface area contributed by atoms with E-state index in [0.717, 1.165) is 44.2 Å². The maximum absolute atomic E-state index is 12.5. The Morgan fingerprint density at radius 1 is 1.29 bits per heavy atom. The molecule has 1 aliphatic heterocycles. The van der Waals surface area contributed by atoms with Gasteiger partial charge in [0.05, 0.1) is 18.7 Å². The molecule has 0 spiro atoms. The van der Waals surface area contributed by atoms with Crippen LogP contribution in [0.3, 0.4) is 0 Å². The van der Waals surface area contributed by atoms with Gasteiger partial charge in [-0.25, -0.2) is 4.79 Å². The summed E-state index contributed by atoms with van der Waals surface area (Å²) in [5, 5.41) is 3.66. The van der Waals surface area contributed by atoms with E-state index in [1.807, 2.05) is 0 Å². The van der Waals surface area contributed by atoms with Gasteiger partial charge < -0.3 is 10.1 Å². The number of amides is 1. The predicted octanol–water partition coefficient (Wildman–Crippen LogP) is 3.23. The molecule has 1 saturated heterocycles. The highest BCUT2D eigenvalue weighted by Gasteiger charge is 2.29. The van der Waals surface area contributed by atoms with Gasteiger partial charge in [-0.15, -0.1) is 11.3 Å². The highest BCUT2D eigenvalue weighted by molar-refractivity contribution is 7.17. The van der Waals surface area contributed by atoms with Crippen LogP contribution in [0.1, 0.15) is 60.3 Å². The number of piperidine rings is 1. The average molecular weight is 350 g/mol. The molecule has 132 valence electrons. The molecular weight excluding hydrogens is 324 g/mol. The predicted molar refractivity (Wildman–Crippen MR) is 95.8 cm³/mol. The first-order valence-electron chi connectivity index (χ1n) is 8.95. The van der Waals surface area contributed by atoms with Crippen LogP contribution in [-0.2, 0) is 22.4 Å². The third kappa shape index (κ3) is 3.64. The summed E-state index contributed by atoms with van der Waals surface area (Å²) in [4.78, 5) is 28.3. The summed E-state index contributed by atoms with van der Waals surface area (Å²) in [7, 11) is 0. The van der Waals surface area contributed by atoms with Crippen LogP contribution in [0.2, 0.25) is 0 Å². The summed E-state index contributed by atoms with van der Waals surface area (Å²) >= 11 is 1.54. The van der Waals surface area contributed by atoms with Crippen LogP contribution in [0.25, 0.3) is 0 Å². The van der Waals surface area contributed by atoms with Gasteiger partial charge in [0.25, 0.3) is 0 Å². The van der Waals surface area contributed by atoms with Crippen molar-refractivity contribution in [1.82, 2.24) is 4.90 Å². The minimum absolute atomic E-state index is 0.0331. The molecule has 2 heterocycles. The molecule has 1 aliphatic carbocycles. The second-order valence-corrected chi connectivity index (χ2v) is 7.75. The Hall–Kier alpha value is -1.40.